The molecular weight excluding hydrogens is 333 g/mol. The van der Waals surface area contributed by atoms with Crippen LogP contribution in [0.25, 0.3) is 0 Å². The molecule has 1 saturated heterocycles. The number of benzene rings is 1. The third kappa shape index (κ3) is 4.47. The van der Waals surface area contributed by atoms with Crippen LogP contribution >= 0.6 is 34.8 Å². The molecule has 1 aliphatic rings. The number of nitrogens with zero attached hydrogens (tertiary/aromatic N) is 1. The molecule has 4 nitrogen and oxygen atoms in total. The average molecular weight is 351 g/mol. The lowest BCUT2D eigenvalue weighted by molar-refractivity contribution is -0.118. The zero-order valence-electron chi connectivity index (χ0n) is 11.5. The summed E-state index contributed by atoms with van der Waals surface area (Å²) >= 11 is 18.0. The van der Waals surface area contributed by atoms with Gasteiger partial charge in [-0.3, -0.25) is 9.69 Å². The molecule has 1 aromatic rings. The van der Waals surface area contributed by atoms with E-state index in [9.17, 15) is 4.79 Å². The Morgan fingerprint density at radius 1 is 1.29 bits per heavy atom. The van der Waals surface area contributed by atoms with Crippen molar-refractivity contribution < 1.29 is 4.79 Å². The molecule has 0 radical (unpaired) electrons. The predicted molar refractivity (Wildman–Crippen MR) is 88.4 cm³/mol. The molecule has 0 aromatic heterocycles. The van der Waals surface area contributed by atoms with Gasteiger partial charge in [-0.15, -0.1) is 0 Å². The summed E-state index contributed by atoms with van der Waals surface area (Å²) in [7, 11) is 0. The van der Waals surface area contributed by atoms with E-state index in [1.54, 1.807) is 12.1 Å². The van der Waals surface area contributed by atoms with Gasteiger partial charge in [0.1, 0.15) is 0 Å². The van der Waals surface area contributed by atoms with Crippen LogP contribution < -0.4 is 11.1 Å². The van der Waals surface area contributed by atoms with Crippen LogP contribution in [0.1, 0.15) is 19.3 Å². The highest BCUT2D eigenvalue weighted by Gasteiger charge is 2.23. The van der Waals surface area contributed by atoms with Gasteiger partial charge < -0.3 is 11.1 Å². The van der Waals surface area contributed by atoms with Crippen LogP contribution in [-0.2, 0) is 4.79 Å². The third-order valence-corrected chi connectivity index (χ3v) is 4.45. The number of halogens is 3. The number of nitrogens with one attached hydrogen (secondary N) is 1. The number of likely N-dealkylation sites (tertiary alicyclic amines) is 1. The van der Waals surface area contributed by atoms with Crippen molar-refractivity contribution in [2.45, 2.75) is 25.3 Å². The summed E-state index contributed by atoms with van der Waals surface area (Å²) in [6, 6.07) is 3.36. The van der Waals surface area contributed by atoms with Crippen molar-refractivity contribution in [2.24, 2.45) is 5.73 Å². The van der Waals surface area contributed by atoms with Crippen LogP contribution in [0.4, 0.5) is 5.69 Å². The Kier molecular flexibility index (Phi) is 6.14. The number of hydrogen-bond acceptors (Lipinski definition) is 3. The highest BCUT2D eigenvalue weighted by atomic mass is 35.5. The molecule has 2 rings (SSSR count). The highest BCUT2D eigenvalue weighted by Crippen LogP contribution is 2.33. The maximum Gasteiger partial charge on any atom is 0.238 e. The second-order valence-corrected chi connectivity index (χ2v) is 6.40. The molecule has 0 bridgehead atoms. The number of rotatable bonds is 4. The number of carbonyl (C=O) groups is 1. The Bertz CT molecular complexity index is 501. The predicted octanol–water partition coefficient (Wildman–Crippen LogP) is 3.40. The molecule has 1 aliphatic heterocycles. The fourth-order valence-electron chi connectivity index (χ4n) is 2.56. The quantitative estimate of drug-likeness (QED) is 0.875. The molecule has 1 aromatic carbocycles. The Labute approximate surface area is 139 Å². The minimum atomic E-state index is -0.151. The van der Waals surface area contributed by atoms with Crippen LogP contribution in [0.2, 0.25) is 15.1 Å². The van der Waals surface area contributed by atoms with E-state index in [0.29, 0.717) is 27.3 Å². The molecule has 1 fully saturated rings. The average Bonchev–Trinajstić information content (AvgIpc) is 2.43. The monoisotopic (exact) mass is 349 g/mol. The lowest BCUT2D eigenvalue weighted by Gasteiger charge is -2.34. The Morgan fingerprint density at radius 3 is 2.57 bits per heavy atom. The van der Waals surface area contributed by atoms with Gasteiger partial charge in [-0.2, -0.15) is 0 Å². The lowest BCUT2D eigenvalue weighted by atomic mass is 10.0. The van der Waals surface area contributed by atoms with Crippen molar-refractivity contribution in [3.05, 3.63) is 27.2 Å². The van der Waals surface area contributed by atoms with Crippen molar-refractivity contribution in [3.8, 4) is 0 Å². The number of carbonyl (C=O) groups excluding carboxylic acids is 1. The van der Waals surface area contributed by atoms with Gasteiger partial charge in [0.2, 0.25) is 5.91 Å². The van der Waals surface area contributed by atoms with Crippen molar-refractivity contribution in [1.82, 2.24) is 4.90 Å². The maximum absolute atomic E-state index is 12.2. The molecule has 1 unspecified atom stereocenters. The minimum absolute atomic E-state index is 0.151. The number of hydrogen-bond donors (Lipinski definition) is 2. The summed E-state index contributed by atoms with van der Waals surface area (Å²) in [5.41, 5.74) is 6.15. The molecule has 0 spiro atoms. The first-order valence-corrected chi connectivity index (χ1v) is 8.03. The maximum atomic E-state index is 12.2. The van der Waals surface area contributed by atoms with E-state index >= 15 is 0 Å². The summed E-state index contributed by atoms with van der Waals surface area (Å²) in [4.78, 5) is 14.3. The largest absolute Gasteiger partial charge is 0.329 e. The molecular formula is C14H18Cl3N3O. The lowest BCUT2D eigenvalue weighted by Crippen LogP contribution is -2.47. The standard InChI is InChI=1S/C14H18Cl3N3O/c15-9-5-11(16)14(12(17)6-9)19-13(21)8-20-4-2-1-3-10(20)7-18/h5-6,10H,1-4,7-8,18H2,(H,19,21). The second kappa shape index (κ2) is 7.65. The van der Waals surface area contributed by atoms with Crippen molar-refractivity contribution >= 4 is 46.4 Å². The highest BCUT2D eigenvalue weighted by molar-refractivity contribution is 6.42. The van der Waals surface area contributed by atoms with Gasteiger partial charge in [-0.05, 0) is 31.5 Å². The van der Waals surface area contributed by atoms with Crippen molar-refractivity contribution in [2.75, 3.05) is 25.0 Å². The zero-order chi connectivity index (χ0) is 15.4. The van der Waals surface area contributed by atoms with E-state index in [0.717, 1.165) is 25.8 Å². The molecule has 0 saturated carbocycles. The van der Waals surface area contributed by atoms with Gasteiger partial charge >= 0.3 is 0 Å². The summed E-state index contributed by atoms with van der Waals surface area (Å²) < 4.78 is 0. The SMILES string of the molecule is NCC1CCCCN1CC(=O)Nc1c(Cl)cc(Cl)cc1Cl. The number of piperidine rings is 1. The van der Waals surface area contributed by atoms with Crippen LogP contribution in [-0.4, -0.2) is 36.5 Å². The van der Waals surface area contributed by atoms with E-state index < -0.39 is 0 Å². The number of anilines is 1. The first kappa shape index (κ1) is 16.8. The Morgan fingerprint density at radius 2 is 1.95 bits per heavy atom. The molecule has 3 N–H and O–H groups in total. The fourth-order valence-corrected chi connectivity index (χ4v) is 3.47. The third-order valence-electron chi connectivity index (χ3n) is 3.64. The molecule has 7 heteroatoms. The zero-order valence-corrected chi connectivity index (χ0v) is 13.8. The van der Waals surface area contributed by atoms with Crippen LogP contribution in [0.5, 0.6) is 0 Å². The first-order chi connectivity index (χ1) is 10.0. The topological polar surface area (TPSA) is 58.4 Å². The van der Waals surface area contributed by atoms with Gasteiger partial charge in [0, 0.05) is 17.6 Å². The summed E-state index contributed by atoms with van der Waals surface area (Å²) in [6.45, 7) is 1.74. The summed E-state index contributed by atoms with van der Waals surface area (Å²) in [5.74, 6) is -0.151. The van der Waals surface area contributed by atoms with E-state index in [-0.39, 0.29) is 18.5 Å². The van der Waals surface area contributed by atoms with Crippen LogP contribution in [0.15, 0.2) is 12.1 Å². The molecule has 1 atom stereocenters. The van der Waals surface area contributed by atoms with Crippen molar-refractivity contribution in [1.29, 1.82) is 0 Å². The Hall–Kier alpha value is -0.520. The normalized spacial score (nSPS) is 19.5. The molecule has 0 aliphatic carbocycles. The van der Waals surface area contributed by atoms with E-state index in [4.69, 9.17) is 40.5 Å². The Balaban J connectivity index is 2.01. The van der Waals surface area contributed by atoms with Gasteiger partial charge in [0.05, 0.1) is 22.3 Å². The van der Waals surface area contributed by atoms with Gasteiger partial charge in [-0.1, -0.05) is 41.2 Å². The number of nitrogens with two attached hydrogens (primary N) is 1. The fraction of sp³-hybridized carbons (Fsp3) is 0.500. The second-order valence-electron chi connectivity index (χ2n) is 5.15. The van der Waals surface area contributed by atoms with Gasteiger partial charge in [0.15, 0.2) is 0 Å². The molecule has 116 valence electrons. The molecule has 1 heterocycles. The first-order valence-electron chi connectivity index (χ1n) is 6.89. The molecule has 21 heavy (non-hydrogen) atoms. The minimum Gasteiger partial charge on any atom is -0.329 e. The van der Waals surface area contributed by atoms with E-state index in [1.807, 2.05) is 0 Å². The van der Waals surface area contributed by atoms with Gasteiger partial charge in [0.25, 0.3) is 0 Å². The van der Waals surface area contributed by atoms with Gasteiger partial charge in [-0.25, -0.2) is 0 Å². The van der Waals surface area contributed by atoms with Crippen LogP contribution in [0, 0.1) is 0 Å². The molecule has 1 amide bonds. The van der Waals surface area contributed by atoms with Crippen molar-refractivity contribution in [3.63, 3.8) is 0 Å². The number of amides is 1. The summed E-state index contributed by atoms with van der Waals surface area (Å²) in [6.07, 6.45) is 3.29. The van der Waals surface area contributed by atoms with E-state index in [2.05, 4.69) is 10.2 Å². The smallest absolute Gasteiger partial charge is 0.238 e. The van der Waals surface area contributed by atoms with Crippen LogP contribution in [0.3, 0.4) is 0 Å². The van der Waals surface area contributed by atoms with E-state index in [1.165, 1.54) is 0 Å². The summed E-state index contributed by atoms with van der Waals surface area (Å²) in [5, 5.41) is 3.84.